The zero-order valence-corrected chi connectivity index (χ0v) is 11.5. The molecule has 0 aliphatic carbocycles. The second-order valence-corrected chi connectivity index (χ2v) is 4.90. The van der Waals surface area contributed by atoms with Crippen LogP contribution in [-0.4, -0.2) is 29.6 Å². The molecule has 0 unspecified atom stereocenters. The number of nitrogens with one attached hydrogen (secondary N) is 2. The van der Waals surface area contributed by atoms with Crippen molar-refractivity contribution >= 4 is 11.0 Å². The lowest BCUT2D eigenvalue weighted by Crippen LogP contribution is -2.19. The van der Waals surface area contributed by atoms with Gasteiger partial charge >= 0.3 is 0 Å². The van der Waals surface area contributed by atoms with Crippen LogP contribution in [0.4, 0.5) is 0 Å². The number of fused-ring (bicyclic) bond motifs is 1. The standard InChI is InChI=1S/C15H24N4/c16-10-5-1-2-6-11-17-12-9-15-18-13-7-3-4-8-14(13)19-15/h3-4,7-8,17H,1-2,5-6,9-12,16H2,(H,18,19). The number of aromatic amines is 1. The second-order valence-electron chi connectivity index (χ2n) is 4.90. The number of para-hydroxylation sites is 2. The summed E-state index contributed by atoms with van der Waals surface area (Å²) in [5.41, 5.74) is 7.64. The van der Waals surface area contributed by atoms with Crippen LogP contribution < -0.4 is 11.1 Å². The highest BCUT2D eigenvalue weighted by molar-refractivity contribution is 5.74. The van der Waals surface area contributed by atoms with E-state index in [1.54, 1.807) is 0 Å². The highest BCUT2D eigenvalue weighted by atomic mass is 14.9. The predicted molar refractivity (Wildman–Crippen MR) is 80.2 cm³/mol. The van der Waals surface area contributed by atoms with Crippen molar-refractivity contribution in [3.63, 3.8) is 0 Å². The molecule has 2 rings (SSSR count). The summed E-state index contributed by atoms with van der Waals surface area (Å²) >= 11 is 0. The van der Waals surface area contributed by atoms with Crippen molar-refractivity contribution in [2.75, 3.05) is 19.6 Å². The molecule has 1 heterocycles. The minimum Gasteiger partial charge on any atom is -0.342 e. The predicted octanol–water partition coefficient (Wildman–Crippen LogP) is 2.21. The van der Waals surface area contributed by atoms with Gasteiger partial charge in [0.05, 0.1) is 11.0 Å². The molecule has 0 radical (unpaired) electrons. The summed E-state index contributed by atoms with van der Waals surface area (Å²) in [5, 5.41) is 3.46. The Kier molecular flexibility index (Phi) is 5.85. The zero-order valence-electron chi connectivity index (χ0n) is 11.5. The van der Waals surface area contributed by atoms with Crippen molar-refractivity contribution in [2.24, 2.45) is 5.73 Å². The van der Waals surface area contributed by atoms with Crippen LogP contribution in [0.2, 0.25) is 0 Å². The average molecular weight is 260 g/mol. The molecular formula is C15H24N4. The van der Waals surface area contributed by atoms with Gasteiger partial charge in [0.2, 0.25) is 0 Å². The van der Waals surface area contributed by atoms with Gasteiger partial charge in [-0.15, -0.1) is 0 Å². The fourth-order valence-corrected chi connectivity index (χ4v) is 2.20. The fourth-order valence-electron chi connectivity index (χ4n) is 2.20. The van der Waals surface area contributed by atoms with E-state index in [9.17, 15) is 0 Å². The maximum atomic E-state index is 5.46. The van der Waals surface area contributed by atoms with E-state index in [-0.39, 0.29) is 0 Å². The molecule has 0 amide bonds. The topological polar surface area (TPSA) is 66.7 Å². The van der Waals surface area contributed by atoms with Crippen LogP contribution in [-0.2, 0) is 6.42 Å². The molecule has 0 fully saturated rings. The summed E-state index contributed by atoms with van der Waals surface area (Å²) in [6.45, 7) is 2.89. The number of nitrogens with two attached hydrogens (primary N) is 1. The van der Waals surface area contributed by atoms with Crippen molar-refractivity contribution in [3.8, 4) is 0 Å². The Morgan fingerprint density at radius 3 is 2.74 bits per heavy atom. The molecule has 0 spiro atoms. The number of rotatable bonds is 9. The Labute approximate surface area is 114 Å². The van der Waals surface area contributed by atoms with Gasteiger partial charge < -0.3 is 16.0 Å². The summed E-state index contributed by atoms with van der Waals surface area (Å²) in [7, 11) is 0. The Morgan fingerprint density at radius 1 is 1.05 bits per heavy atom. The number of nitrogens with zero attached hydrogens (tertiary/aromatic N) is 1. The molecule has 0 saturated carbocycles. The van der Waals surface area contributed by atoms with Gasteiger partial charge in [0, 0.05) is 13.0 Å². The number of hydrogen-bond acceptors (Lipinski definition) is 3. The third-order valence-corrected chi connectivity index (χ3v) is 3.28. The molecule has 0 saturated heterocycles. The zero-order chi connectivity index (χ0) is 13.3. The van der Waals surface area contributed by atoms with E-state index in [0.29, 0.717) is 0 Å². The first-order valence-corrected chi connectivity index (χ1v) is 7.24. The lowest BCUT2D eigenvalue weighted by molar-refractivity contribution is 0.588. The Hall–Kier alpha value is -1.39. The number of H-pyrrole nitrogens is 1. The van der Waals surface area contributed by atoms with Crippen molar-refractivity contribution in [2.45, 2.75) is 32.1 Å². The lowest BCUT2D eigenvalue weighted by Gasteiger charge is -2.03. The second kappa shape index (κ2) is 7.92. The highest BCUT2D eigenvalue weighted by Gasteiger charge is 2.00. The normalized spacial score (nSPS) is 11.2. The summed E-state index contributed by atoms with van der Waals surface area (Å²) in [6, 6.07) is 8.16. The van der Waals surface area contributed by atoms with Crippen LogP contribution in [0.15, 0.2) is 24.3 Å². The summed E-state index contributed by atoms with van der Waals surface area (Å²) < 4.78 is 0. The molecule has 0 aliphatic rings. The van der Waals surface area contributed by atoms with Crippen LogP contribution in [0.25, 0.3) is 11.0 Å². The van der Waals surface area contributed by atoms with Crippen LogP contribution in [0.3, 0.4) is 0 Å². The number of unbranched alkanes of at least 4 members (excludes halogenated alkanes) is 3. The van der Waals surface area contributed by atoms with E-state index in [0.717, 1.165) is 49.3 Å². The van der Waals surface area contributed by atoms with E-state index in [1.165, 1.54) is 19.3 Å². The van der Waals surface area contributed by atoms with E-state index in [2.05, 4.69) is 21.4 Å². The first-order chi connectivity index (χ1) is 9.40. The molecule has 19 heavy (non-hydrogen) atoms. The van der Waals surface area contributed by atoms with Gasteiger partial charge in [0.25, 0.3) is 0 Å². The maximum absolute atomic E-state index is 5.46. The number of hydrogen-bond donors (Lipinski definition) is 3. The van der Waals surface area contributed by atoms with Crippen molar-refractivity contribution in [1.82, 2.24) is 15.3 Å². The van der Waals surface area contributed by atoms with E-state index < -0.39 is 0 Å². The van der Waals surface area contributed by atoms with Crippen LogP contribution >= 0.6 is 0 Å². The van der Waals surface area contributed by atoms with E-state index >= 15 is 0 Å². The Balaban J connectivity index is 1.60. The summed E-state index contributed by atoms with van der Waals surface area (Å²) in [4.78, 5) is 7.91. The molecule has 4 heteroatoms. The van der Waals surface area contributed by atoms with Gasteiger partial charge in [-0.25, -0.2) is 4.98 Å². The Morgan fingerprint density at radius 2 is 1.89 bits per heavy atom. The first-order valence-electron chi connectivity index (χ1n) is 7.24. The molecule has 1 aromatic heterocycles. The van der Waals surface area contributed by atoms with Gasteiger partial charge in [0.15, 0.2) is 0 Å². The molecular weight excluding hydrogens is 236 g/mol. The molecule has 0 bridgehead atoms. The molecule has 104 valence electrons. The third-order valence-electron chi connectivity index (χ3n) is 3.28. The van der Waals surface area contributed by atoms with Gasteiger partial charge in [-0.2, -0.15) is 0 Å². The van der Waals surface area contributed by atoms with Crippen molar-refractivity contribution in [3.05, 3.63) is 30.1 Å². The lowest BCUT2D eigenvalue weighted by atomic mass is 10.2. The van der Waals surface area contributed by atoms with E-state index in [1.807, 2.05) is 18.2 Å². The first kappa shape index (κ1) is 14.0. The minimum absolute atomic E-state index is 0.819. The molecule has 4 nitrogen and oxygen atoms in total. The van der Waals surface area contributed by atoms with Crippen molar-refractivity contribution < 1.29 is 0 Å². The maximum Gasteiger partial charge on any atom is 0.108 e. The van der Waals surface area contributed by atoms with E-state index in [4.69, 9.17) is 5.73 Å². The largest absolute Gasteiger partial charge is 0.342 e. The Bertz CT molecular complexity index is 445. The van der Waals surface area contributed by atoms with Gasteiger partial charge in [-0.3, -0.25) is 0 Å². The van der Waals surface area contributed by atoms with Gasteiger partial charge in [0.1, 0.15) is 5.82 Å². The summed E-state index contributed by atoms with van der Waals surface area (Å²) in [6.07, 6.45) is 5.87. The minimum atomic E-state index is 0.819. The van der Waals surface area contributed by atoms with Crippen LogP contribution in [0.1, 0.15) is 31.5 Å². The number of benzene rings is 1. The smallest absolute Gasteiger partial charge is 0.108 e. The van der Waals surface area contributed by atoms with Crippen molar-refractivity contribution in [1.29, 1.82) is 0 Å². The van der Waals surface area contributed by atoms with Gasteiger partial charge in [-0.1, -0.05) is 25.0 Å². The molecule has 0 aliphatic heterocycles. The van der Waals surface area contributed by atoms with Crippen LogP contribution in [0, 0.1) is 0 Å². The summed E-state index contributed by atoms with van der Waals surface area (Å²) in [5.74, 6) is 1.07. The number of imidazole rings is 1. The van der Waals surface area contributed by atoms with Crippen LogP contribution in [0.5, 0.6) is 0 Å². The third kappa shape index (κ3) is 4.65. The SMILES string of the molecule is NCCCCCCNCCc1nc2ccccc2[nH]1. The monoisotopic (exact) mass is 260 g/mol. The average Bonchev–Trinajstić information content (AvgIpc) is 2.84. The number of aromatic nitrogens is 2. The molecule has 4 N–H and O–H groups in total. The quantitative estimate of drug-likeness (QED) is 0.606. The highest BCUT2D eigenvalue weighted by Crippen LogP contribution is 2.10. The molecule has 0 atom stereocenters. The molecule has 1 aromatic carbocycles. The fraction of sp³-hybridized carbons (Fsp3) is 0.533. The van der Waals surface area contributed by atoms with Gasteiger partial charge in [-0.05, 0) is 38.1 Å². The molecule has 2 aromatic rings.